The van der Waals surface area contributed by atoms with E-state index >= 15 is 0 Å². The van der Waals surface area contributed by atoms with Crippen LogP contribution in [0.4, 0.5) is 0 Å². The largest absolute Gasteiger partial charge is 0.511 e. The molecule has 2 atom stereocenters. The second-order valence-corrected chi connectivity index (χ2v) is 11.9. The third-order valence-electron chi connectivity index (χ3n) is 9.22. The maximum atomic E-state index is 12.5. The molecule has 5 heterocycles. The first-order valence-corrected chi connectivity index (χ1v) is 14.8. The number of halogens is 1. The van der Waals surface area contributed by atoms with Gasteiger partial charge in [-0.2, -0.15) is 0 Å². The molecule has 0 saturated carbocycles. The second-order valence-electron chi connectivity index (χ2n) is 11.5. The summed E-state index contributed by atoms with van der Waals surface area (Å²) in [7, 11) is 1.37. The van der Waals surface area contributed by atoms with Gasteiger partial charge in [0.25, 0.3) is 0 Å². The number of ether oxygens (including phenoxy) is 1. The second kappa shape index (κ2) is 10.5. The number of carboxylic acid groups (broad SMARTS) is 1. The highest BCUT2D eigenvalue weighted by Crippen LogP contribution is 2.47. The van der Waals surface area contributed by atoms with Crippen LogP contribution in [0.1, 0.15) is 60.3 Å². The summed E-state index contributed by atoms with van der Waals surface area (Å²) >= 11 is 7.10. The Kier molecular flexibility index (Phi) is 7.04. The lowest BCUT2D eigenvalue weighted by Gasteiger charge is -2.17. The van der Waals surface area contributed by atoms with Crippen LogP contribution in [-0.2, 0) is 14.3 Å². The minimum absolute atomic E-state index is 0.0771. The Balaban J connectivity index is 1.64. The number of nitrogens with one attached hydrogen (secondary N) is 1. The summed E-state index contributed by atoms with van der Waals surface area (Å²) in [6.45, 7) is 9.70. The zero-order valence-electron chi connectivity index (χ0n) is 25.0. The Morgan fingerprint density at radius 2 is 1.79 bits per heavy atom. The van der Waals surface area contributed by atoms with Gasteiger partial charge in [0, 0.05) is 47.2 Å². The Labute approximate surface area is 254 Å². The van der Waals surface area contributed by atoms with E-state index in [4.69, 9.17) is 31.3 Å². The lowest BCUT2D eigenvalue weighted by atomic mass is 9.86. The number of hydrogen-bond donors (Lipinski definition) is 3. The van der Waals surface area contributed by atoms with Crippen molar-refractivity contribution in [3.8, 4) is 0 Å². The highest BCUT2D eigenvalue weighted by Gasteiger charge is 2.43. The first kappa shape index (κ1) is 28.9. The third kappa shape index (κ3) is 4.40. The van der Waals surface area contributed by atoms with Gasteiger partial charge in [0.1, 0.15) is 5.76 Å². The Bertz CT molecular complexity index is 1790. The summed E-state index contributed by atoms with van der Waals surface area (Å²) < 4.78 is 4.93. The Morgan fingerprint density at radius 1 is 1.05 bits per heavy atom. The summed E-state index contributed by atoms with van der Waals surface area (Å²) in [5.41, 5.74) is 9.91. The number of aliphatic carboxylic acids is 1. The van der Waals surface area contributed by atoms with Gasteiger partial charge in [-0.1, -0.05) is 25.4 Å². The lowest BCUT2D eigenvalue weighted by Crippen LogP contribution is -2.16. The van der Waals surface area contributed by atoms with E-state index in [1.807, 2.05) is 26.8 Å². The number of esters is 1. The van der Waals surface area contributed by atoms with Gasteiger partial charge >= 0.3 is 11.9 Å². The number of aliphatic hydroxyl groups excluding tert-OH is 1. The van der Waals surface area contributed by atoms with Crippen LogP contribution in [0.3, 0.4) is 0 Å². The molecule has 6 rings (SSSR count). The molecule has 222 valence electrons. The normalized spacial score (nSPS) is 24.6. The zero-order chi connectivity index (χ0) is 30.9. The number of carbonyl (C=O) groups is 2. The standard InChI is InChI=1S/C33H33ClN4O5/c1-7-17-13(2)20-12-23-26(33(41)42)16(5)30(37-23)28(34)29-14(3)18(8-9-25(40)43-6)31(38-29)19-10-24(39)27-15(4)21(36-32(19)27)11-22(17)35-20/h11-12,14,18,38-39H,7-10H2,1-6H3,(H,41,42)/t14-,18-/m0/s1. The highest BCUT2D eigenvalue weighted by molar-refractivity contribution is 6.48. The van der Waals surface area contributed by atoms with E-state index in [2.05, 4.69) is 12.2 Å². The van der Waals surface area contributed by atoms with Gasteiger partial charge in [-0.05, 0) is 68.1 Å². The topological polar surface area (TPSA) is 133 Å². The number of hydrogen-bond acceptors (Lipinski definition) is 8. The minimum Gasteiger partial charge on any atom is -0.511 e. The first-order chi connectivity index (χ1) is 20.5. The van der Waals surface area contributed by atoms with E-state index < -0.39 is 5.97 Å². The number of nitrogens with zero attached hydrogens (tertiary/aromatic N) is 3. The number of allylic oxidation sites excluding steroid dienone is 11. The number of aliphatic hydroxyl groups is 1. The van der Waals surface area contributed by atoms with Crippen molar-refractivity contribution in [2.75, 3.05) is 7.11 Å². The van der Waals surface area contributed by atoms with Crippen LogP contribution in [0.2, 0.25) is 0 Å². The van der Waals surface area contributed by atoms with Crippen molar-refractivity contribution in [2.24, 2.45) is 26.8 Å². The minimum atomic E-state index is -1.10. The van der Waals surface area contributed by atoms with Crippen molar-refractivity contribution >= 4 is 40.7 Å². The van der Waals surface area contributed by atoms with Crippen molar-refractivity contribution in [3.05, 3.63) is 90.4 Å². The summed E-state index contributed by atoms with van der Waals surface area (Å²) in [6.07, 6.45) is 5.34. The monoisotopic (exact) mass is 600 g/mol. The Morgan fingerprint density at radius 3 is 2.47 bits per heavy atom. The highest BCUT2D eigenvalue weighted by atomic mass is 35.5. The molecule has 0 amide bonds. The molecule has 3 N–H and O–H groups in total. The maximum absolute atomic E-state index is 12.5. The van der Waals surface area contributed by atoms with Crippen molar-refractivity contribution in [2.45, 2.75) is 60.3 Å². The number of fused-ring (bicyclic) bond motifs is 5. The van der Waals surface area contributed by atoms with Crippen molar-refractivity contribution in [3.63, 3.8) is 0 Å². The molecule has 43 heavy (non-hydrogen) atoms. The molecule has 0 aromatic heterocycles. The predicted molar refractivity (Wildman–Crippen MR) is 166 cm³/mol. The van der Waals surface area contributed by atoms with Gasteiger partial charge in [0.2, 0.25) is 0 Å². The summed E-state index contributed by atoms with van der Waals surface area (Å²) in [5, 5.41) is 25.2. The number of rotatable bonds is 5. The van der Waals surface area contributed by atoms with Crippen molar-refractivity contribution in [1.82, 2.24) is 5.32 Å². The summed E-state index contributed by atoms with van der Waals surface area (Å²) in [5.74, 6) is -1.50. The van der Waals surface area contributed by atoms with E-state index in [1.54, 1.807) is 13.0 Å². The van der Waals surface area contributed by atoms with E-state index in [-0.39, 0.29) is 41.3 Å². The molecule has 0 unspecified atom stereocenters. The van der Waals surface area contributed by atoms with Crippen molar-refractivity contribution < 1.29 is 24.5 Å². The van der Waals surface area contributed by atoms with Gasteiger partial charge in [-0.25, -0.2) is 19.8 Å². The molecular weight excluding hydrogens is 568 g/mol. The van der Waals surface area contributed by atoms with Crippen LogP contribution in [0.25, 0.3) is 0 Å². The average molecular weight is 601 g/mol. The molecule has 0 aromatic rings. The smallest absolute Gasteiger partial charge is 0.338 e. The van der Waals surface area contributed by atoms with E-state index in [1.165, 1.54) is 7.11 Å². The van der Waals surface area contributed by atoms with Gasteiger partial charge in [0.15, 0.2) is 0 Å². The molecule has 10 heteroatoms. The number of aliphatic imine (C=N–C) groups is 3. The lowest BCUT2D eigenvalue weighted by molar-refractivity contribution is -0.141. The van der Waals surface area contributed by atoms with Crippen LogP contribution in [-0.4, -0.2) is 46.4 Å². The molecule has 0 spiro atoms. The van der Waals surface area contributed by atoms with E-state index in [0.717, 1.165) is 45.7 Å². The van der Waals surface area contributed by atoms with E-state index in [0.29, 0.717) is 52.0 Å². The molecule has 5 aliphatic heterocycles. The molecule has 1 aliphatic carbocycles. The summed E-state index contributed by atoms with van der Waals surface area (Å²) in [4.78, 5) is 39.4. The fourth-order valence-electron chi connectivity index (χ4n) is 6.85. The van der Waals surface area contributed by atoms with Gasteiger partial charge < -0.3 is 20.3 Å². The van der Waals surface area contributed by atoms with Crippen LogP contribution in [0.5, 0.6) is 0 Å². The number of methoxy groups -OCH3 is 1. The fraction of sp³-hybridized carbons (Fsp3) is 0.364. The van der Waals surface area contributed by atoms with Crippen LogP contribution >= 0.6 is 11.6 Å². The number of carboxylic acids is 1. The van der Waals surface area contributed by atoms with Crippen LogP contribution in [0.15, 0.2) is 105 Å². The Hall–Kier alpha value is -4.24. The van der Waals surface area contributed by atoms with Crippen molar-refractivity contribution in [1.29, 1.82) is 0 Å². The predicted octanol–water partition coefficient (Wildman–Crippen LogP) is 6.26. The van der Waals surface area contributed by atoms with E-state index in [9.17, 15) is 19.8 Å². The quantitative estimate of drug-likeness (QED) is 0.319. The van der Waals surface area contributed by atoms with Gasteiger partial charge in [0.05, 0.1) is 51.9 Å². The number of carbonyl (C=O) groups excluding carboxylic acids is 1. The SMILES string of the molecule is CCC1=C(C)C2=NC1=CC1=C(C)C3=C(O)CC(=C4NC(=C(Cl)C5=NC(=C2)C(C(=O)O)=C5C)[C@@H](C)[C@@H]4CCC(=O)OC)C3=N1. The fourth-order valence-corrected chi connectivity index (χ4v) is 7.25. The first-order valence-electron chi connectivity index (χ1n) is 14.4. The molecule has 1 saturated heterocycles. The molecule has 9 nitrogen and oxygen atoms in total. The van der Waals surface area contributed by atoms with Gasteiger partial charge in [-0.15, -0.1) is 0 Å². The summed E-state index contributed by atoms with van der Waals surface area (Å²) in [6, 6.07) is 0. The van der Waals surface area contributed by atoms with Gasteiger partial charge in [-0.3, -0.25) is 4.79 Å². The molecule has 1 fully saturated rings. The van der Waals surface area contributed by atoms with Crippen LogP contribution in [0, 0.1) is 11.8 Å². The molecule has 8 bridgehead atoms. The van der Waals surface area contributed by atoms with Crippen LogP contribution < -0.4 is 5.32 Å². The third-order valence-corrected chi connectivity index (χ3v) is 9.61. The maximum Gasteiger partial charge on any atom is 0.338 e. The zero-order valence-corrected chi connectivity index (χ0v) is 25.7. The average Bonchev–Trinajstić information content (AvgIpc) is 3.72. The molecular formula is C33H33ClN4O5. The molecule has 0 radical (unpaired) electrons. The molecule has 6 aliphatic rings. The molecule has 0 aromatic carbocycles.